The van der Waals surface area contributed by atoms with Crippen molar-refractivity contribution < 1.29 is 19.5 Å². The first-order valence-corrected chi connectivity index (χ1v) is 8.03. The quantitative estimate of drug-likeness (QED) is 0.742. The zero-order valence-corrected chi connectivity index (χ0v) is 14.1. The molecular formula is C16H17N3O4S. The molecule has 0 saturated heterocycles. The number of aliphatic carboxylic acids is 1. The molecule has 0 fully saturated rings. The number of rotatable bonds is 6. The first-order chi connectivity index (χ1) is 11.4. The number of carbonyl (C=O) groups excluding carboxylic acids is 2. The molecule has 3 N–H and O–H groups in total. The maximum absolute atomic E-state index is 12.3. The lowest BCUT2D eigenvalue weighted by molar-refractivity contribution is -0.136. The van der Waals surface area contributed by atoms with Crippen LogP contribution in [0.25, 0.3) is 0 Å². The van der Waals surface area contributed by atoms with Gasteiger partial charge < -0.3 is 15.7 Å². The molecule has 0 aromatic carbocycles. The van der Waals surface area contributed by atoms with E-state index < -0.39 is 11.9 Å². The van der Waals surface area contributed by atoms with E-state index >= 15 is 0 Å². The maximum atomic E-state index is 12.3. The fourth-order valence-electron chi connectivity index (χ4n) is 2.04. The Morgan fingerprint density at radius 3 is 2.46 bits per heavy atom. The van der Waals surface area contributed by atoms with E-state index in [1.807, 2.05) is 6.92 Å². The molecule has 2 aromatic rings. The second kappa shape index (κ2) is 7.69. The van der Waals surface area contributed by atoms with Gasteiger partial charge >= 0.3 is 5.97 Å². The Morgan fingerprint density at radius 1 is 1.17 bits per heavy atom. The zero-order valence-electron chi connectivity index (χ0n) is 13.3. The lowest BCUT2D eigenvalue weighted by Gasteiger charge is -2.08. The van der Waals surface area contributed by atoms with Crippen LogP contribution in [-0.4, -0.2) is 34.4 Å². The monoisotopic (exact) mass is 347 g/mol. The Hall–Kier alpha value is -2.74. The van der Waals surface area contributed by atoms with Crippen molar-refractivity contribution in [3.05, 3.63) is 46.1 Å². The molecular weight excluding hydrogens is 330 g/mol. The van der Waals surface area contributed by atoms with E-state index in [4.69, 9.17) is 5.11 Å². The number of pyridine rings is 1. The highest BCUT2D eigenvalue weighted by Gasteiger charge is 2.21. The normalized spacial score (nSPS) is 10.2. The largest absolute Gasteiger partial charge is 0.481 e. The van der Waals surface area contributed by atoms with E-state index in [9.17, 15) is 14.4 Å². The number of amides is 2. The van der Waals surface area contributed by atoms with E-state index in [1.165, 1.54) is 23.7 Å². The summed E-state index contributed by atoms with van der Waals surface area (Å²) in [7, 11) is 0. The van der Waals surface area contributed by atoms with Gasteiger partial charge in [-0.1, -0.05) is 0 Å². The number of hydrogen-bond donors (Lipinski definition) is 3. The number of anilines is 1. The molecule has 0 saturated carbocycles. The van der Waals surface area contributed by atoms with Crippen LogP contribution < -0.4 is 10.6 Å². The first-order valence-electron chi connectivity index (χ1n) is 7.21. The van der Waals surface area contributed by atoms with Crippen LogP contribution in [0.3, 0.4) is 0 Å². The van der Waals surface area contributed by atoms with Crippen molar-refractivity contribution in [2.24, 2.45) is 0 Å². The van der Waals surface area contributed by atoms with Crippen LogP contribution in [0.15, 0.2) is 24.5 Å². The van der Waals surface area contributed by atoms with Crippen LogP contribution in [0, 0.1) is 13.8 Å². The van der Waals surface area contributed by atoms with Crippen molar-refractivity contribution >= 4 is 34.1 Å². The summed E-state index contributed by atoms with van der Waals surface area (Å²) in [6.45, 7) is 3.68. The van der Waals surface area contributed by atoms with Crippen molar-refractivity contribution in [3.63, 3.8) is 0 Å². The van der Waals surface area contributed by atoms with Crippen molar-refractivity contribution in [2.45, 2.75) is 20.3 Å². The summed E-state index contributed by atoms with van der Waals surface area (Å²) in [5.41, 5.74) is 1.56. The van der Waals surface area contributed by atoms with Gasteiger partial charge in [0.1, 0.15) is 5.00 Å². The average Bonchev–Trinajstić information content (AvgIpc) is 2.82. The number of aromatic nitrogens is 1. The fourth-order valence-corrected chi connectivity index (χ4v) is 3.09. The number of hydrogen-bond acceptors (Lipinski definition) is 5. The Balaban J connectivity index is 2.18. The predicted octanol–water partition coefficient (Wildman–Crippen LogP) is 2.22. The highest BCUT2D eigenvalue weighted by atomic mass is 32.1. The van der Waals surface area contributed by atoms with Gasteiger partial charge in [-0.3, -0.25) is 19.4 Å². The SMILES string of the molecule is Cc1sc(NC(=O)c2ccncc2)c(C(=O)NCCC(=O)O)c1C. The first kappa shape index (κ1) is 17.6. The number of aryl methyl sites for hydroxylation is 1. The van der Waals surface area contributed by atoms with Gasteiger partial charge in [-0.25, -0.2) is 0 Å². The minimum absolute atomic E-state index is 0.0280. The van der Waals surface area contributed by atoms with E-state index in [-0.39, 0.29) is 18.9 Å². The molecule has 2 aromatic heterocycles. The van der Waals surface area contributed by atoms with Gasteiger partial charge in [0.25, 0.3) is 11.8 Å². The average molecular weight is 347 g/mol. The molecule has 0 atom stereocenters. The van der Waals surface area contributed by atoms with Crippen molar-refractivity contribution in [2.75, 3.05) is 11.9 Å². The molecule has 24 heavy (non-hydrogen) atoms. The third-order valence-corrected chi connectivity index (χ3v) is 4.53. The van der Waals surface area contributed by atoms with E-state index in [1.54, 1.807) is 19.1 Å². The van der Waals surface area contributed by atoms with E-state index in [0.29, 0.717) is 16.1 Å². The molecule has 2 rings (SSSR count). The second-order valence-electron chi connectivity index (χ2n) is 5.08. The molecule has 7 nitrogen and oxygen atoms in total. The summed E-state index contributed by atoms with van der Waals surface area (Å²) < 4.78 is 0. The molecule has 2 heterocycles. The fraction of sp³-hybridized carbons (Fsp3) is 0.250. The summed E-state index contributed by atoms with van der Waals surface area (Å²) >= 11 is 1.31. The molecule has 0 radical (unpaired) electrons. The Labute approximate surface area is 142 Å². The van der Waals surface area contributed by atoms with Crippen LogP contribution in [-0.2, 0) is 4.79 Å². The molecule has 2 amide bonds. The van der Waals surface area contributed by atoms with Gasteiger partial charge in [-0.15, -0.1) is 11.3 Å². The molecule has 126 valence electrons. The molecule has 0 aliphatic heterocycles. The molecule has 0 unspecified atom stereocenters. The van der Waals surface area contributed by atoms with Crippen LogP contribution in [0.5, 0.6) is 0 Å². The second-order valence-corrected chi connectivity index (χ2v) is 6.30. The maximum Gasteiger partial charge on any atom is 0.305 e. The lowest BCUT2D eigenvalue weighted by Crippen LogP contribution is -2.27. The van der Waals surface area contributed by atoms with Gasteiger partial charge in [0, 0.05) is 29.4 Å². The standard InChI is InChI=1S/C16H17N3O4S/c1-9-10(2)24-16(13(9)15(23)18-8-5-12(20)21)19-14(22)11-3-6-17-7-4-11/h3-4,6-7H,5,8H2,1-2H3,(H,18,23)(H,19,22)(H,20,21). The van der Waals surface area contributed by atoms with Gasteiger partial charge in [0.05, 0.1) is 12.0 Å². The number of carboxylic acids is 1. The number of nitrogens with zero attached hydrogens (tertiary/aromatic N) is 1. The Morgan fingerprint density at radius 2 is 1.83 bits per heavy atom. The summed E-state index contributed by atoms with van der Waals surface area (Å²) in [5, 5.41) is 14.4. The van der Waals surface area contributed by atoms with Gasteiger partial charge in [0.2, 0.25) is 0 Å². The van der Waals surface area contributed by atoms with Gasteiger partial charge in [0.15, 0.2) is 0 Å². The molecule has 0 spiro atoms. The Kier molecular flexibility index (Phi) is 5.64. The summed E-state index contributed by atoms with van der Waals surface area (Å²) in [6.07, 6.45) is 2.87. The number of carbonyl (C=O) groups is 3. The van der Waals surface area contributed by atoms with Gasteiger partial charge in [-0.05, 0) is 31.5 Å². The predicted molar refractivity (Wildman–Crippen MR) is 90.6 cm³/mol. The van der Waals surface area contributed by atoms with Crippen LogP contribution in [0.2, 0.25) is 0 Å². The van der Waals surface area contributed by atoms with Crippen LogP contribution in [0.4, 0.5) is 5.00 Å². The summed E-state index contributed by atoms with van der Waals surface area (Å²) in [4.78, 5) is 39.9. The molecule has 0 bridgehead atoms. The highest BCUT2D eigenvalue weighted by Crippen LogP contribution is 2.32. The third-order valence-electron chi connectivity index (χ3n) is 3.41. The smallest absolute Gasteiger partial charge is 0.305 e. The minimum Gasteiger partial charge on any atom is -0.481 e. The topological polar surface area (TPSA) is 108 Å². The van der Waals surface area contributed by atoms with Crippen LogP contribution in [0.1, 0.15) is 37.6 Å². The minimum atomic E-state index is -0.986. The molecule has 0 aliphatic carbocycles. The Bertz CT molecular complexity index is 771. The number of thiophene rings is 1. The number of carboxylic acid groups (broad SMARTS) is 1. The van der Waals surface area contributed by atoms with E-state index in [0.717, 1.165) is 10.4 Å². The molecule has 8 heteroatoms. The summed E-state index contributed by atoms with van der Waals surface area (Å²) in [5.74, 6) is -1.72. The van der Waals surface area contributed by atoms with Gasteiger partial charge in [-0.2, -0.15) is 0 Å². The van der Waals surface area contributed by atoms with Crippen molar-refractivity contribution in [1.29, 1.82) is 0 Å². The van der Waals surface area contributed by atoms with E-state index in [2.05, 4.69) is 15.6 Å². The highest BCUT2D eigenvalue weighted by molar-refractivity contribution is 7.16. The number of nitrogens with one attached hydrogen (secondary N) is 2. The molecule has 0 aliphatic rings. The lowest BCUT2D eigenvalue weighted by atomic mass is 10.1. The zero-order chi connectivity index (χ0) is 17.7. The third kappa shape index (κ3) is 4.17. The van der Waals surface area contributed by atoms with Crippen LogP contribution >= 0.6 is 11.3 Å². The van der Waals surface area contributed by atoms with Crippen molar-refractivity contribution in [1.82, 2.24) is 10.3 Å². The van der Waals surface area contributed by atoms with Crippen molar-refractivity contribution in [3.8, 4) is 0 Å². The summed E-state index contributed by atoms with van der Waals surface area (Å²) in [6, 6.07) is 3.16.